The molecule has 48 heavy (non-hydrogen) atoms. The summed E-state index contributed by atoms with van der Waals surface area (Å²) in [5.41, 5.74) is 1.48. The van der Waals surface area contributed by atoms with Crippen molar-refractivity contribution in [3.8, 4) is 5.75 Å². The fourth-order valence-corrected chi connectivity index (χ4v) is 6.59. The highest BCUT2D eigenvalue weighted by Crippen LogP contribution is 2.34. The summed E-state index contributed by atoms with van der Waals surface area (Å²) in [6.07, 6.45) is 2.90. The quantitative estimate of drug-likeness (QED) is 0.320. The first kappa shape index (κ1) is 32.7. The van der Waals surface area contributed by atoms with E-state index >= 15 is 4.39 Å². The van der Waals surface area contributed by atoms with Crippen LogP contribution >= 0.6 is 0 Å². The molecule has 3 heterocycles. The summed E-state index contributed by atoms with van der Waals surface area (Å²) < 4.78 is 25.6. The van der Waals surface area contributed by atoms with Crippen LogP contribution in [0.5, 0.6) is 5.75 Å². The van der Waals surface area contributed by atoms with E-state index in [9.17, 15) is 19.2 Å². The van der Waals surface area contributed by atoms with Crippen molar-refractivity contribution in [3.05, 3.63) is 89.7 Å². The van der Waals surface area contributed by atoms with Crippen LogP contribution in [0.1, 0.15) is 43.7 Å². The number of halogens is 1. The van der Waals surface area contributed by atoms with E-state index in [0.29, 0.717) is 47.6 Å². The second-order valence-electron chi connectivity index (χ2n) is 12.2. The van der Waals surface area contributed by atoms with Crippen LogP contribution in [0.3, 0.4) is 0 Å². The molecule has 4 aliphatic rings. The minimum Gasteiger partial charge on any atom is -0.482 e. The molecule has 2 saturated heterocycles. The number of benzodiazepines with no additional fused rings is 1. The number of carbonyl (C=O) groups is 4. The number of ether oxygens (including phenoxy) is 2. The van der Waals surface area contributed by atoms with Crippen molar-refractivity contribution in [2.24, 2.45) is 16.8 Å². The Morgan fingerprint density at radius 2 is 1.60 bits per heavy atom. The number of hydrogen-bond donors (Lipinski definition) is 2. The van der Waals surface area contributed by atoms with Gasteiger partial charge < -0.3 is 25.0 Å². The van der Waals surface area contributed by atoms with Gasteiger partial charge in [-0.05, 0) is 74.8 Å². The molecule has 7 rings (SSSR count). The number of para-hydroxylation sites is 1. The maximum absolute atomic E-state index is 15.3. The van der Waals surface area contributed by atoms with E-state index in [2.05, 4.69) is 15.6 Å². The highest BCUT2D eigenvalue weighted by atomic mass is 19.1. The number of fused-ring (bicyclic) bond motifs is 5. The monoisotopic (exact) mass is 655 g/mol. The van der Waals surface area contributed by atoms with Crippen molar-refractivity contribution in [2.45, 2.75) is 38.8 Å². The highest BCUT2D eigenvalue weighted by Gasteiger charge is 2.37. The zero-order valence-electron chi connectivity index (χ0n) is 26.7. The molecule has 0 spiro atoms. The molecule has 12 heteroatoms. The average molecular weight is 656 g/mol. The molecule has 3 aliphatic heterocycles. The van der Waals surface area contributed by atoms with Gasteiger partial charge in [0.25, 0.3) is 5.91 Å². The van der Waals surface area contributed by atoms with Gasteiger partial charge in [-0.2, -0.15) is 0 Å². The number of hydrogen-bond acceptors (Lipinski definition) is 7. The first-order valence-corrected chi connectivity index (χ1v) is 16.3. The van der Waals surface area contributed by atoms with E-state index in [4.69, 9.17) is 9.47 Å². The highest BCUT2D eigenvalue weighted by molar-refractivity contribution is 6.21. The van der Waals surface area contributed by atoms with Gasteiger partial charge >= 0.3 is 12.0 Å². The van der Waals surface area contributed by atoms with Gasteiger partial charge in [0.1, 0.15) is 18.1 Å². The molecule has 1 saturated carbocycles. The minimum atomic E-state index is -1.50. The molecule has 1 unspecified atom stereocenters. The zero-order chi connectivity index (χ0) is 33.6. The number of aliphatic imine (C=N–C) groups is 1. The van der Waals surface area contributed by atoms with E-state index in [1.165, 1.54) is 17.0 Å². The molecular weight excluding hydrogens is 617 g/mol. The van der Waals surface area contributed by atoms with Crippen molar-refractivity contribution < 1.29 is 33.0 Å². The Morgan fingerprint density at radius 3 is 2.31 bits per heavy atom. The van der Waals surface area contributed by atoms with Gasteiger partial charge in [-0.3, -0.25) is 14.5 Å². The molecule has 0 radical (unpaired) electrons. The average Bonchev–Trinajstić information content (AvgIpc) is 3.47. The topological polar surface area (TPSA) is 130 Å². The van der Waals surface area contributed by atoms with Crippen LogP contribution in [-0.4, -0.2) is 73.4 Å². The van der Waals surface area contributed by atoms with E-state index in [1.54, 1.807) is 67.6 Å². The number of urea groups is 1. The van der Waals surface area contributed by atoms with Crippen molar-refractivity contribution in [3.63, 3.8) is 0 Å². The molecule has 2 bridgehead atoms. The van der Waals surface area contributed by atoms with Crippen LogP contribution in [0.15, 0.2) is 77.8 Å². The van der Waals surface area contributed by atoms with Crippen LogP contribution in [0.25, 0.3) is 0 Å². The van der Waals surface area contributed by atoms with E-state index in [-0.39, 0.29) is 36.9 Å². The van der Waals surface area contributed by atoms with Gasteiger partial charge in [0, 0.05) is 36.0 Å². The zero-order valence-corrected chi connectivity index (χ0v) is 26.7. The Kier molecular flexibility index (Phi) is 9.98. The molecule has 250 valence electrons. The van der Waals surface area contributed by atoms with Crippen molar-refractivity contribution in [1.82, 2.24) is 10.2 Å². The summed E-state index contributed by atoms with van der Waals surface area (Å²) in [5.74, 6) is -0.697. The summed E-state index contributed by atoms with van der Waals surface area (Å²) in [4.78, 5) is 61.0. The Labute approximate surface area is 278 Å². The van der Waals surface area contributed by atoms with Crippen molar-refractivity contribution in [1.29, 1.82) is 0 Å². The van der Waals surface area contributed by atoms with Crippen molar-refractivity contribution >= 4 is 40.9 Å². The standard InChI is InChI=1S/C36H38FN5O6/c1-2-47-32(44)22-48-26-9-7-8-25(18-26)38-36(46)40-34-35(45)42(21-31(43)41-19-23-14-15-24(20-41)17-16-23)30-13-6-4-11-28(30)33(39-34)27-10-3-5-12-29(27)37/h3-13,18,23-24,34H,2,14-17,19-22H2,1H3,(H2,38,40,46). The number of benzene rings is 3. The molecule has 4 amide bonds. The molecule has 3 fully saturated rings. The smallest absolute Gasteiger partial charge is 0.344 e. The van der Waals surface area contributed by atoms with Gasteiger partial charge in [-0.1, -0.05) is 36.4 Å². The lowest BCUT2D eigenvalue weighted by Crippen LogP contribution is -2.51. The largest absolute Gasteiger partial charge is 0.482 e. The maximum atomic E-state index is 15.3. The normalized spacial score (nSPS) is 20.2. The second-order valence-corrected chi connectivity index (χ2v) is 12.2. The molecular formula is C36H38FN5O6. The summed E-state index contributed by atoms with van der Waals surface area (Å²) in [5, 5.41) is 5.29. The summed E-state index contributed by atoms with van der Waals surface area (Å²) >= 11 is 0. The lowest BCUT2D eigenvalue weighted by Gasteiger charge is -2.29. The summed E-state index contributed by atoms with van der Waals surface area (Å²) in [6, 6.07) is 18.6. The van der Waals surface area contributed by atoms with Gasteiger partial charge in [0.15, 0.2) is 6.61 Å². The van der Waals surface area contributed by atoms with Crippen LogP contribution in [-0.2, 0) is 19.1 Å². The molecule has 1 aliphatic carbocycles. The van der Waals surface area contributed by atoms with Crippen LogP contribution in [0.4, 0.5) is 20.6 Å². The third kappa shape index (κ3) is 7.48. The predicted octanol–water partition coefficient (Wildman–Crippen LogP) is 4.75. The molecule has 1 atom stereocenters. The first-order chi connectivity index (χ1) is 23.3. The van der Waals surface area contributed by atoms with E-state index < -0.39 is 29.9 Å². The molecule has 0 aromatic heterocycles. The molecule has 11 nitrogen and oxygen atoms in total. The fraction of sp³-hybridized carbons (Fsp3) is 0.361. The van der Waals surface area contributed by atoms with Gasteiger partial charge in [0.05, 0.1) is 18.0 Å². The third-order valence-electron chi connectivity index (χ3n) is 8.93. The predicted molar refractivity (Wildman–Crippen MR) is 177 cm³/mol. The lowest BCUT2D eigenvalue weighted by molar-refractivity contribution is -0.145. The SMILES string of the molecule is CCOC(=O)COc1cccc(NC(=O)NC2N=C(c3ccccc3F)c3ccccc3N(CC(=O)N3CC4CCC(CC4)C3)C2=O)c1. The molecule has 3 aromatic rings. The summed E-state index contributed by atoms with van der Waals surface area (Å²) in [6.45, 7) is 2.67. The van der Waals surface area contributed by atoms with E-state index in [0.717, 1.165) is 25.7 Å². The number of esters is 1. The first-order valence-electron chi connectivity index (χ1n) is 16.3. The number of nitrogens with zero attached hydrogens (tertiary/aromatic N) is 3. The minimum absolute atomic E-state index is 0.147. The lowest BCUT2D eigenvalue weighted by atomic mass is 9.84. The summed E-state index contributed by atoms with van der Waals surface area (Å²) in [7, 11) is 0. The fourth-order valence-electron chi connectivity index (χ4n) is 6.59. The Hall–Kier alpha value is -5.26. The van der Waals surface area contributed by atoms with Crippen LogP contribution in [0.2, 0.25) is 0 Å². The van der Waals surface area contributed by atoms with Gasteiger partial charge in [0.2, 0.25) is 12.1 Å². The Morgan fingerprint density at radius 1 is 0.917 bits per heavy atom. The van der Waals surface area contributed by atoms with Gasteiger partial charge in [-0.25, -0.2) is 19.0 Å². The Bertz CT molecular complexity index is 1710. The van der Waals surface area contributed by atoms with E-state index in [1.807, 2.05) is 4.90 Å². The molecule has 3 aromatic carbocycles. The number of nitrogens with one attached hydrogen (secondary N) is 2. The third-order valence-corrected chi connectivity index (χ3v) is 8.93. The number of amides is 4. The van der Waals surface area contributed by atoms with Crippen LogP contribution in [0, 0.1) is 17.7 Å². The van der Waals surface area contributed by atoms with Crippen LogP contribution < -0.4 is 20.3 Å². The maximum Gasteiger partial charge on any atom is 0.344 e. The Balaban J connectivity index is 1.28. The van der Waals surface area contributed by atoms with Gasteiger partial charge in [-0.15, -0.1) is 0 Å². The number of rotatable bonds is 9. The number of carbonyl (C=O) groups excluding carboxylic acids is 4. The number of anilines is 2. The van der Waals surface area contributed by atoms with Crippen molar-refractivity contribution in [2.75, 3.05) is 43.1 Å². The molecule has 2 N–H and O–H groups in total. The second kappa shape index (κ2) is 14.7.